The lowest BCUT2D eigenvalue weighted by Gasteiger charge is -2.35. The molecule has 1 fully saturated rings. The van der Waals surface area contributed by atoms with Gasteiger partial charge in [-0.1, -0.05) is 0 Å². The summed E-state index contributed by atoms with van der Waals surface area (Å²) in [7, 11) is 1.60. The summed E-state index contributed by atoms with van der Waals surface area (Å²) in [5.41, 5.74) is 0. The number of nitrogens with zero attached hydrogens (tertiary/aromatic N) is 2. The van der Waals surface area contributed by atoms with Gasteiger partial charge in [-0.25, -0.2) is 4.39 Å². The molecule has 2 rings (SSSR count). The highest BCUT2D eigenvalue weighted by Gasteiger charge is 2.20. The maximum atomic E-state index is 12.8. The molecule has 8 heteroatoms. The van der Waals surface area contributed by atoms with E-state index in [-0.39, 0.29) is 18.3 Å². The van der Waals surface area contributed by atoms with E-state index < -0.39 is 6.10 Å². The van der Waals surface area contributed by atoms with Crippen LogP contribution in [0.4, 0.5) is 4.39 Å². The van der Waals surface area contributed by atoms with Crippen LogP contribution >= 0.6 is 0 Å². The Morgan fingerprint density at radius 3 is 2.54 bits per heavy atom. The predicted molar refractivity (Wildman–Crippen MR) is 95.7 cm³/mol. The number of amides is 1. The lowest BCUT2D eigenvalue weighted by Crippen LogP contribution is -2.51. The molecular formula is C18H28FN3O4. The summed E-state index contributed by atoms with van der Waals surface area (Å²) in [6, 6.07) is 5.73. The van der Waals surface area contributed by atoms with Crippen molar-refractivity contribution in [3.8, 4) is 5.75 Å². The SMILES string of the molecule is COCCNC(=O)CN1CCN(CC(O)COc2ccc(F)cc2)CC1. The highest BCUT2D eigenvalue weighted by Crippen LogP contribution is 2.11. The van der Waals surface area contributed by atoms with Gasteiger partial charge >= 0.3 is 0 Å². The molecule has 26 heavy (non-hydrogen) atoms. The Kier molecular flexibility index (Phi) is 8.76. The van der Waals surface area contributed by atoms with Crippen molar-refractivity contribution in [2.75, 3.05) is 66.1 Å². The van der Waals surface area contributed by atoms with E-state index in [1.54, 1.807) is 19.2 Å². The average molecular weight is 369 g/mol. The molecule has 0 radical (unpaired) electrons. The molecule has 1 aromatic rings. The number of hydrogen-bond donors (Lipinski definition) is 2. The number of aliphatic hydroxyl groups excluding tert-OH is 1. The number of carbonyl (C=O) groups is 1. The standard InChI is InChI=1S/C18H28FN3O4/c1-25-11-6-20-18(24)13-22-9-7-21(8-10-22)12-16(23)14-26-17-4-2-15(19)3-5-17/h2-5,16,23H,6-14H2,1H3,(H,20,24). The zero-order chi connectivity index (χ0) is 18.8. The molecule has 1 saturated heterocycles. The smallest absolute Gasteiger partial charge is 0.234 e. The van der Waals surface area contributed by atoms with Crippen LogP contribution in [0.5, 0.6) is 5.75 Å². The predicted octanol–water partition coefficient (Wildman–Crippen LogP) is -0.0544. The van der Waals surface area contributed by atoms with Gasteiger partial charge in [-0.15, -0.1) is 0 Å². The molecule has 0 spiro atoms. The van der Waals surface area contributed by atoms with Crippen LogP contribution in [0, 0.1) is 5.82 Å². The number of methoxy groups -OCH3 is 1. The van der Waals surface area contributed by atoms with E-state index in [2.05, 4.69) is 15.1 Å². The van der Waals surface area contributed by atoms with Crippen LogP contribution in [-0.2, 0) is 9.53 Å². The fourth-order valence-corrected chi connectivity index (χ4v) is 2.76. The molecule has 1 atom stereocenters. The van der Waals surface area contributed by atoms with Crippen LogP contribution in [0.2, 0.25) is 0 Å². The largest absolute Gasteiger partial charge is 0.491 e. The van der Waals surface area contributed by atoms with Gasteiger partial charge in [0.2, 0.25) is 5.91 Å². The van der Waals surface area contributed by atoms with Crippen LogP contribution in [-0.4, -0.2) is 93.1 Å². The number of nitrogens with one attached hydrogen (secondary N) is 1. The van der Waals surface area contributed by atoms with E-state index >= 15 is 0 Å². The summed E-state index contributed by atoms with van der Waals surface area (Å²) in [5.74, 6) is 0.223. The van der Waals surface area contributed by atoms with E-state index in [4.69, 9.17) is 9.47 Å². The summed E-state index contributed by atoms with van der Waals surface area (Å²) in [6.07, 6.45) is -0.621. The first-order chi connectivity index (χ1) is 12.6. The highest BCUT2D eigenvalue weighted by atomic mass is 19.1. The third kappa shape index (κ3) is 7.65. The molecule has 0 aromatic heterocycles. The van der Waals surface area contributed by atoms with Gasteiger partial charge in [-0.05, 0) is 24.3 Å². The topological polar surface area (TPSA) is 74.3 Å². The number of carbonyl (C=O) groups excluding carboxylic acids is 1. The van der Waals surface area contributed by atoms with E-state index in [1.807, 2.05) is 0 Å². The van der Waals surface area contributed by atoms with Crippen LogP contribution in [0.1, 0.15) is 0 Å². The van der Waals surface area contributed by atoms with Gasteiger partial charge in [-0.3, -0.25) is 14.6 Å². The first kappa shape index (κ1) is 20.6. The van der Waals surface area contributed by atoms with Crippen molar-refractivity contribution in [2.24, 2.45) is 0 Å². The molecule has 146 valence electrons. The zero-order valence-electron chi connectivity index (χ0n) is 15.2. The lowest BCUT2D eigenvalue weighted by molar-refractivity contribution is -0.122. The highest BCUT2D eigenvalue weighted by molar-refractivity contribution is 5.77. The van der Waals surface area contributed by atoms with E-state index in [0.29, 0.717) is 32.0 Å². The summed E-state index contributed by atoms with van der Waals surface area (Å²) >= 11 is 0. The fourth-order valence-electron chi connectivity index (χ4n) is 2.76. The number of ether oxygens (including phenoxy) is 2. The monoisotopic (exact) mass is 369 g/mol. The van der Waals surface area contributed by atoms with Gasteiger partial charge in [0, 0.05) is 46.4 Å². The van der Waals surface area contributed by atoms with E-state index in [0.717, 1.165) is 26.2 Å². The average Bonchev–Trinajstić information content (AvgIpc) is 2.63. The zero-order valence-corrected chi connectivity index (χ0v) is 15.2. The number of hydrogen-bond acceptors (Lipinski definition) is 6. The molecule has 0 saturated carbocycles. The molecule has 0 aliphatic carbocycles. The van der Waals surface area contributed by atoms with Crippen molar-refractivity contribution < 1.29 is 23.8 Å². The normalized spacial score (nSPS) is 17.0. The first-order valence-electron chi connectivity index (χ1n) is 8.83. The molecule has 2 N–H and O–H groups in total. The Labute approximate surface area is 153 Å². The van der Waals surface area contributed by atoms with Crippen molar-refractivity contribution in [3.05, 3.63) is 30.1 Å². The molecule has 1 unspecified atom stereocenters. The Morgan fingerprint density at radius 2 is 1.88 bits per heavy atom. The number of aliphatic hydroxyl groups is 1. The van der Waals surface area contributed by atoms with Gasteiger partial charge < -0.3 is 19.9 Å². The second-order valence-electron chi connectivity index (χ2n) is 6.34. The molecule has 1 aliphatic heterocycles. The van der Waals surface area contributed by atoms with Gasteiger partial charge in [0.15, 0.2) is 0 Å². The van der Waals surface area contributed by atoms with E-state index in [9.17, 15) is 14.3 Å². The molecule has 1 amide bonds. The summed E-state index contributed by atoms with van der Waals surface area (Å²) in [4.78, 5) is 16.0. The van der Waals surface area contributed by atoms with Crippen LogP contribution in [0.25, 0.3) is 0 Å². The minimum Gasteiger partial charge on any atom is -0.491 e. The van der Waals surface area contributed by atoms with Gasteiger partial charge in [0.25, 0.3) is 0 Å². The first-order valence-corrected chi connectivity index (χ1v) is 8.83. The summed E-state index contributed by atoms with van der Waals surface area (Å²) in [6.45, 7) is 5.23. The van der Waals surface area contributed by atoms with Gasteiger partial charge in [-0.2, -0.15) is 0 Å². The third-order valence-corrected chi connectivity index (χ3v) is 4.19. The Hall–Kier alpha value is -1.74. The molecule has 0 bridgehead atoms. The van der Waals surface area contributed by atoms with E-state index in [1.165, 1.54) is 12.1 Å². The van der Waals surface area contributed by atoms with Crippen LogP contribution in [0.3, 0.4) is 0 Å². The minimum absolute atomic E-state index is 0.00299. The molecule has 1 aromatic carbocycles. The Morgan fingerprint density at radius 1 is 1.23 bits per heavy atom. The van der Waals surface area contributed by atoms with Crippen LogP contribution in [0.15, 0.2) is 24.3 Å². The van der Waals surface area contributed by atoms with Crippen molar-refractivity contribution in [1.82, 2.24) is 15.1 Å². The Bertz CT molecular complexity index is 536. The second kappa shape index (κ2) is 11.1. The number of piperazine rings is 1. The van der Waals surface area contributed by atoms with Crippen molar-refractivity contribution >= 4 is 5.91 Å². The number of benzene rings is 1. The maximum absolute atomic E-state index is 12.8. The van der Waals surface area contributed by atoms with Crippen molar-refractivity contribution in [2.45, 2.75) is 6.10 Å². The quantitative estimate of drug-likeness (QED) is 0.563. The van der Waals surface area contributed by atoms with Gasteiger partial charge in [0.05, 0.1) is 13.2 Å². The number of halogens is 1. The summed E-state index contributed by atoms with van der Waals surface area (Å²) in [5, 5.41) is 12.9. The molecule has 1 aliphatic rings. The third-order valence-electron chi connectivity index (χ3n) is 4.19. The van der Waals surface area contributed by atoms with Gasteiger partial charge in [0.1, 0.15) is 24.3 Å². The van der Waals surface area contributed by atoms with Crippen molar-refractivity contribution in [1.29, 1.82) is 0 Å². The lowest BCUT2D eigenvalue weighted by atomic mass is 10.2. The van der Waals surface area contributed by atoms with Crippen LogP contribution < -0.4 is 10.1 Å². The van der Waals surface area contributed by atoms with Crippen molar-refractivity contribution in [3.63, 3.8) is 0 Å². The fraction of sp³-hybridized carbons (Fsp3) is 0.611. The molecular weight excluding hydrogens is 341 g/mol. The summed E-state index contributed by atoms with van der Waals surface area (Å²) < 4.78 is 23.2. The molecule has 7 nitrogen and oxygen atoms in total. The molecule has 1 heterocycles. The maximum Gasteiger partial charge on any atom is 0.234 e. The number of rotatable bonds is 10. The second-order valence-corrected chi connectivity index (χ2v) is 6.34. The minimum atomic E-state index is -0.621. The number of β-amino-alcohol motifs (C(OH)–C–C–N with tert-alkyl or cyclic N) is 1. The Balaban J connectivity index is 1.60.